The standard InChI is InChI=1S/C21H26FN5O/c1-3-26(4-2)20-16-13-19(28-15-9-6-5-7-10-15)17(22)14-18(16)24-21(25-20)27-12-8-11-23-27/h8,11-15H,3-7,9-10H2,1-2H3. The summed E-state index contributed by atoms with van der Waals surface area (Å²) in [6.45, 7) is 5.73. The summed E-state index contributed by atoms with van der Waals surface area (Å²) in [5, 5.41) is 5.02. The Labute approximate surface area is 164 Å². The second kappa shape index (κ2) is 8.12. The summed E-state index contributed by atoms with van der Waals surface area (Å²) in [6, 6.07) is 5.03. The van der Waals surface area contributed by atoms with Gasteiger partial charge in [0.2, 0.25) is 0 Å². The molecule has 0 amide bonds. The molecule has 2 aromatic heterocycles. The SMILES string of the molecule is CCN(CC)c1nc(-n2cccn2)nc2cc(F)c(OC3CCCCC3)cc12. The van der Waals surface area contributed by atoms with Gasteiger partial charge in [-0.05, 0) is 51.7 Å². The molecule has 0 unspecified atom stereocenters. The van der Waals surface area contributed by atoms with Crippen LogP contribution >= 0.6 is 0 Å². The van der Waals surface area contributed by atoms with Gasteiger partial charge in [-0.25, -0.2) is 14.1 Å². The maximum absolute atomic E-state index is 14.8. The lowest BCUT2D eigenvalue weighted by Crippen LogP contribution is -2.24. The number of hydrogen-bond acceptors (Lipinski definition) is 5. The van der Waals surface area contributed by atoms with Crippen LogP contribution in [-0.4, -0.2) is 38.9 Å². The Morgan fingerprint density at radius 1 is 1.14 bits per heavy atom. The van der Waals surface area contributed by atoms with Crippen LogP contribution in [-0.2, 0) is 0 Å². The van der Waals surface area contributed by atoms with E-state index in [0.29, 0.717) is 17.2 Å². The average Bonchev–Trinajstić information content (AvgIpc) is 3.25. The Morgan fingerprint density at radius 3 is 2.61 bits per heavy atom. The Hall–Kier alpha value is -2.70. The molecule has 1 fully saturated rings. The molecule has 0 N–H and O–H groups in total. The lowest BCUT2D eigenvalue weighted by atomic mass is 9.98. The van der Waals surface area contributed by atoms with Crippen LogP contribution in [0.5, 0.6) is 5.75 Å². The summed E-state index contributed by atoms with van der Waals surface area (Å²) in [5.74, 6) is 1.12. The molecule has 0 saturated heterocycles. The van der Waals surface area contributed by atoms with E-state index in [4.69, 9.17) is 9.72 Å². The second-order valence-electron chi connectivity index (χ2n) is 7.15. The second-order valence-corrected chi connectivity index (χ2v) is 7.15. The molecule has 28 heavy (non-hydrogen) atoms. The largest absolute Gasteiger partial charge is 0.487 e. The van der Waals surface area contributed by atoms with Gasteiger partial charge in [0.25, 0.3) is 5.95 Å². The number of hydrogen-bond donors (Lipinski definition) is 0. The Kier molecular flexibility index (Phi) is 5.41. The maximum atomic E-state index is 14.8. The highest BCUT2D eigenvalue weighted by molar-refractivity contribution is 5.91. The Balaban J connectivity index is 1.81. The smallest absolute Gasteiger partial charge is 0.253 e. The van der Waals surface area contributed by atoms with Crippen LogP contribution < -0.4 is 9.64 Å². The van der Waals surface area contributed by atoms with E-state index < -0.39 is 0 Å². The Bertz CT molecular complexity index is 934. The zero-order valence-corrected chi connectivity index (χ0v) is 16.4. The number of nitrogens with zero attached hydrogens (tertiary/aromatic N) is 5. The summed E-state index contributed by atoms with van der Waals surface area (Å²) in [6.07, 6.45) is 9.01. The first-order valence-electron chi connectivity index (χ1n) is 10.1. The van der Waals surface area contributed by atoms with E-state index in [9.17, 15) is 4.39 Å². The van der Waals surface area contributed by atoms with Gasteiger partial charge in [-0.15, -0.1) is 0 Å². The highest BCUT2D eigenvalue weighted by atomic mass is 19.1. The molecule has 0 radical (unpaired) electrons. The van der Waals surface area contributed by atoms with Gasteiger partial charge in [0.15, 0.2) is 11.6 Å². The van der Waals surface area contributed by atoms with Crippen molar-refractivity contribution in [2.75, 3.05) is 18.0 Å². The number of anilines is 1. The van der Waals surface area contributed by atoms with Crippen molar-refractivity contribution in [3.05, 3.63) is 36.4 Å². The van der Waals surface area contributed by atoms with Crippen LogP contribution in [0, 0.1) is 5.82 Å². The maximum Gasteiger partial charge on any atom is 0.253 e. The molecule has 1 saturated carbocycles. The lowest BCUT2D eigenvalue weighted by Gasteiger charge is -2.25. The van der Waals surface area contributed by atoms with E-state index in [0.717, 1.165) is 50.0 Å². The average molecular weight is 383 g/mol. The van der Waals surface area contributed by atoms with Gasteiger partial charge in [-0.3, -0.25) is 0 Å². The van der Waals surface area contributed by atoms with Crippen LogP contribution in [0.2, 0.25) is 0 Å². The molecule has 0 bridgehead atoms. The topological polar surface area (TPSA) is 56.1 Å². The first kappa shape index (κ1) is 18.7. The number of rotatable bonds is 6. The van der Waals surface area contributed by atoms with Crippen molar-refractivity contribution in [2.24, 2.45) is 0 Å². The lowest BCUT2D eigenvalue weighted by molar-refractivity contribution is 0.149. The number of ether oxygens (including phenoxy) is 1. The molecule has 4 rings (SSSR count). The van der Waals surface area contributed by atoms with Crippen molar-refractivity contribution >= 4 is 16.7 Å². The first-order chi connectivity index (χ1) is 13.7. The fourth-order valence-electron chi connectivity index (χ4n) is 3.81. The highest BCUT2D eigenvalue weighted by Gasteiger charge is 2.20. The fraction of sp³-hybridized carbons (Fsp3) is 0.476. The van der Waals surface area contributed by atoms with Crippen LogP contribution in [0.25, 0.3) is 16.9 Å². The van der Waals surface area contributed by atoms with Gasteiger partial charge in [-0.1, -0.05) is 6.42 Å². The predicted molar refractivity (Wildman–Crippen MR) is 108 cm³/mol. The molecule has 1 aromatic carbocycles. The quantitative estimate of drug-likeness (QED) is 0.627. The van der Waals surface area contributed by atoms with Crippen molar-refractivity contribution in [3.63, 3.8) is 0 Å². The molecular formula is C21H26FN5O. The molecule has 3 aromatic rings. The zero-order valence-electron chi connectivity index (χ0n) is 16.4. The summed E-state index contributed by atoms with van der Waals surface area (Å²) in [7, 11) is 0. The van der Waals surface area contributed by atoms with E-state index >= 15 is 0 Å². The summed E-state index contributed by atoms with van der Waals surface area (Å²) in [4.78, 5) is 11.4. The third-order valence-corrected chi connectivity index (χ3v) is 5.34. The molecule has 0 atom stereocenters. The minimum Gasteiger partial charge on any atom is -0.487 e. The van der Waals surface area contributed by atoms with Crippen molar-refractivity contribution in [1.29, 1.82) is 0 Å². The van der Waals surface area contributed by atoms with Crippen molar-refractivity contribution in [3.8, 4) is 11.7 Å². The van der Waals surface area contributed by atoms with E-state index in [1.54, 1.807) is 23.1 Å². The van der Waals surface area contributed by atoms with E-state index in [1.807, 2.05) is 6.07 Å². The van der Waals surface area contributed by atoms with E-state index in [-0.39, 0.29) is 11.9 Å². The van der Waals surface area contributed by atoms with Crippen LogP contribution in [0.3, 0.4) is 0 Å². The van der Waals surface area contributed by atoms with Crippen LogP contribution in [0.15, 0.2) is 30.6 Å². The highest BCUT2D eigenvalue weighted by Crippen LogP contribution is 2.32. The molecule has 2 heterocycles. The van der Waals surface area contributed by atoms with Gasteiger partial charge in [-0.2, -0.15) is 10.1 Å². The van der Waals surface area contributed by atoms with Gasteiger partial charge < -0.3 is 9.64 Å². The number of benzene rings is 1. The van der Waals surface area contributed by atoms with Gasteiger partial charge in [0, 0.05) is 36.9 Å². The minimum absolute atomic E-state index is 0.0851. The molecule has 1 aliphatic rings. The normalized spacial score (nSPS) is 15.1. The first-order valence-corrected chi connectivity index (χ1v) is 10.1. The number of aromatic nitrogens is 4. The number of fused-ring (bicyclic) bond motifs is 1. The van der Waals surface area contributed by atoms with Crippen LogP contribution in [0.1, 0.15) is 46.0 Å². The predicted octanol–water partition coefficient (Wildman–Crippen LogP) is 4.51. The van der Waals surface area contributed by atoms with Gasteiger partial charge in [0.05, 0.1) is 11.6 Å². The van der Waals surface area contributed by atoms with Gasteiger partial charge in [0.1, 0.15) is 5.82 Å². The molecule has 148 valence electrons. The molecular weight excluding hydrogens is 357 g/mol. The van der Waals surface area contributed by atoms with Crippen molar-refractivity contribution in [1.82, 2.24) is 19.7 Å². The molecule has 0 aliphatic heterocycles. The minimum atomic E-state index is -0.381. The van der Waals surface area contributed by atoms with Gasteiger partial charge >= 0.3 is 0 Å². The molecule has 0 spiro atoms. The fourth-order valence-corrected chi connectivity index (χ4v) is 3.81. The number of halogens is 1. The summed E-state index contributed by atoms with van der Waals surface area (Å²) >= 11 is 0. The van der Waals surface area contributed by atoms with Crippen LogP contribution in [0.4, 0.5) is 10.2 Å². The zero-order chi connectivity index (χ0) is 19.5. The van der Waals surface area contributed by atoms with E-state index in [2.05, 4.69) is 28.8 Å². The van der Waals surface area contributed by atoms with Crippen molar-refractivity contribution < 1.29 is 9.13 Å². The third-order valence-electron chi connectivity index (χ3n) is 5.34. The monoisotopic (exact) mass is 383 g/mol. The molecule has 7 heteroatoms. The Morgan fingerprint density at radius 2 is 1.93 bits per heavy atom. The third kappa shape index (κ3) is 3.66. The van der Waals surface area contributed by atoms with Crippen molar-refractivity contribution in [2.45, 2.75) is 52.1 Å². The molecule has 1 aliphatic carbocycles. The summed E-state index contributed by atoms with van der Waals surface area (Å²) < 4.78 is 22.4. The van der Waals surface area contributed by atoms with E-state index in [1.165, 1.54) is 12.5 Å². The molecule has 6 nitrogen and oxygen atoms in total. The summed E-state index contributed by atoms with van der Waals surface area (Å²) in [5.41, 5.74) is 0.552.